The van der Waals surface area contributed by atoms with Crippen molar-refractivity contribution in [2.24, 2.45) is 34.5 Å². The molecule has 25 heavy (non-hydrogen) atoms. The molecule has 0 radical (unpaired) electrons. The van der Waals surface area contributed by atoms with Crippen molar-refractivity contribution < 1.29 is 4.39 Å². The molecule has 0 aromatic carbocycles. The maximum Gasteiger partial charge on any atom is 0.116 e. The third kappa shape index (κ3) is 2.67. The van der Waals surface area contributed by atoms with Crippen molar-refractivity contribution in [3.8, 4) is 0 Å². The van der Waals surface area contributed by atoms with Gasteiger partial charge in [-0.3, -0.25) is 0 Å². The molecule has 0 aliphatic heterocycles. The van der Waals surface area contributed by atoms with Crippen LogP contribution in [0.15, 0.2) is 0 Å². The van der Waals surface area contributed by atoms with E-state index in [9.17, 15) is 0 Å². The van der Waals surface area contributed by atoms with Crippen LogP contribution in [0.4, 0.5) is 4.39 Å². The van der Waals surface area contributed by atoms with Gasteiger partial charge in [0.1, 0.15) is 6.17 Å². The maximum absolute atomic E-state index is 15.6. The van der Waals surface area contributed by atoms with E-state index in [4.69, 9.17) is 0 Å². The predicted molar refractivity (Wildman–Crippen MR) is 111 cm³/mol. The number of hydrogen-bond donors (Lipinski definition) is 0. The summed E-state index contributed by atoms with van der Waals surface area (Å²) < 4.78 is 15.3. The molecule has 0 bridgehead atoms. The lowest BCUT2D eigenvalue weighted by Gasteiger charge is -2.64. The lowest BCUT2D eigenvalue weighted by atomic mass is 9.44. The zero-order chi connectivity index (χ0) is 18.0. The standard InChI is InChI=1S/C22H35Br2F/c1-14(23)12-15-6-7-17-16-13-19(25)22(24)10-5-4-9-21(22,3)18(16)8-11-20(15,17)2/h14-19H,4-13H2,1-3H3/t14?,15-,16+,17+,18+,19-,20-,21-,22+/m1/s1. The van der Waals surface area contributed by atoms with Gasteiger partial charge in [-0.05, 0) is 85.9 Å². The van der Waals surface area contributed by atoms with E-state index in [1.54, 1.807) is 0 Å². The van der Waals surface area contributed by atoms with E-state index in [2.05, 4.69) is 52.6 Å². The number of rotatable bonds is 2. The molecule has 0 nitrogen and oxygen atoms in total. The van der Waals surface area contributed by atoms with Crippen LogP contribution >= 0.6 is 31.9 Å². The monoisotopic (exact) mass is 476 g/mol. The van der Waals surface area contributed by atoms with Crippen molar-refractivity contribution >= 4 is 31.9 Å². The quantitative estimate of drug-likeness (QED) is 0.357. The number of fused-ring (bicyclic) bond motifs is 5. The molecule has 0 aromatic heterocycles. The Hall–Kier alpha value is 0.890. The van der Waals surface area contributed by atoms with Crippen LogP contribution in [0.1, 0.15) is 85.0 Å². The summed E-state index contributed by atoms with van der Waals surface area (Å²) >= 11 is 7.80. The average Bonchev–Trinajstić information content (AvgIpc) is 2.86. The van der Waals surface area contributed by atoms with E-state index >= 15 is 4.39 Å². The first-order valence-electron chi connectivity index (χ1n) is 10.7. The van der Waals surface area contributed by atoms with Gasteiger partial charge in [-0.25, -0.2) is 4.39 Å². The van der Waals surface area contributed by atoms with Crippen molar-refractivity contribution in [2.45, 2.75) is 100 Å². The van der Waals surface area contributed by atoms with Crippen LogP contribution in [0.3, 0.4) is 0 Å². The minimum absolute atomic E-state index is 0.162. The fourth-order valence-electron chi connectivity index (χ4n) is 8.10. The Morgan fingerprint density at radius 3 is 2.48 bits per heavy atom. The minimum Gasteiger partial charge on any atom is -0.246 e. The third-order valence-electron chi connectivity index (χ3n) is 9.47. The summed E-state index contributed by atoms with van der Waals surface area (Å²) in [7, 11) is 0. The normalized spacial score (nSPS) is 56.6. The second-order valence-electron chi connectivity index (χ2n) is 10.4. The van der Waals surface area contributed by atoms with Gasteiger partial charge >= 0.3 is 0 Å². The average molecular weight is 478 g/mol. The minimum atomic E-state index is -0.657. The van der Waals surface area contributed by atoms with Gasteiger partial charge in [0.15, 0.2) is 0 Å². The highest BCUT2D eigenvalue weighted by atomic mass is 79.9. The molecule has 0 amide bonds. The lowest BCUT2D eigenvalue weighted by molar-refractivity contribution is -0.123. The van der Waals surface area contributed by atoms with E-state index in [0.717, 1.165) is 30.6 Å². The molecule has 0 N–H and O–H groups in total. The van der Waals surface area contributed by atoms with Crippen molar-refractivity contribution in [1.29, 1.82) is 0 Å². The van der Waals surface area contributed by atoms with E-state index < -0.39 is 6.17 Å². The van der Waals surface area contributed by atoms with Crippen molar-refractivity contribution in [3.05, 3.63) is 0 Å². The summed E-state index contributed by atoms with van der Waals surface area (Å²) in [4.78, 5) is 0.608. The summed E-state index contributed by atoms with van der Waals surface area (Å²) in [6, 6.07) is 0. The third-order valence-corrected chi connectivity index (χ3v) is 11.6. The van der Waals surface area contributed by atoms with Gasteiger partial charge in [0.05, 0.1) is 4.32 Å². The summed E-state index contributed by atoms with van der Waals surface area (Å²) in [6.45, 7) is 7.30. The zero-order valence-corrected chi connectivity index (χ0v) is 19.3. The van der Waals surface area contributed by atoms with Crippen molar-refractivity contribution in [2.75, 3.05) is 0 Å². The predicted octanol–water partition coefficient (Wildman–Crippen LogP) is 7.67. The smallest absolute Gasteiger partial charge is 0.116 e. The Labute approximate surface area is 170 Å². The Morgan fingerprint density at radius 1 is 1.04 bits per heavy atom. The number of alkyl halides is 3. The maximum atomic E-state index is 15.6. The molecule has 4 aliphatic carbocycles. The van der Waals surface area contributed by atoms with Gasteiger partial charge in [-0.15, -0.1) is 0 Å². The molecular formula is C22H35Br2F. The van der Waals surface area contributed by atoms with E-state index in [-0.39, 0.29) is 9.74 Å². The highest BCUT2D eigenvalue weighted by Gasteiger charge is 2.66. The highest BCUT2D eigenvalue weighted by Crippen LogP contribution is 2.70. The molecule has 0 spiro atoms. The first kappa shape index (κ1) is 19.2. The second kappa shape index (κ2) is 6.46. The van der Waals surface area contributed by atoms with E-state index in [0.29, 0.717) is 16.2 Å². The van der Waals surface area contributed by atoms with Gasteiger partial charge < -0.3 is 0 Å². The fourth-order valence-corrected chi connectivity index (χ4v) is 9.51. The molecular weight excluding hydrogens is 443 g/mol. The van der Waals surface area contributed by atoms with Crippen LogP contribution in [-0.2, 0) is 0 Å². The van der Waals surface area contributed by atoms with E-state index in [1.165, 1.54) is 51.4 Å². The van der Waals surface area contributed by atoms with Crippen LogP contribution in [0.25, 0.3) is 0 Å². The molecule has 0 saturated heterocycles. The van der Waals surface area contributed by atoms with Crippen LogP contribution < -0.4 is 0 Å². The zero-order valence-electron chi connectivity index (χ0n) is 16.2. The van der Waals surface area contributed by atoms with Crippen LogP contribution in [0, 0.1) is 34.5 Å². The van der Waals surface area contributed by atoms with Gasteiger partial charge in [0.25, 0.3) is 0 Å². The number of halogens is 3. The van der Waals surface area contributed by atoms with Crippen LogP contribution in [0.2, 0.25) is 0 Å². The van der Waals surface area contributed by atoms with Gasteiger partial charge in [0.2, 0.25) is 0 Å². The summed E-state index contributed by atoms with van der Waals surface area (Å²) in [5, 5.41) is 0. The Bertz CT molecular complexity index is 522. The van der Waals surface area contributed by atoms with Crippen molar-refractivity contribution in [1.82, 2.24) is 0 Å². The molecule has 3 heteroatoms. The SMILES string of the molecule is CC(Br)C[C@H]1CC[C@H]2[C@@H]3C[C@@H](F)[C@@]4(Br)CCCC[C@]4(C)[C@H]3CC[C@]12C. The highest BCUT2D eigenvalue weighted by molar-refractivity contribution is 9.10. The molecule has 0 heterocycles. The molecule has 4 aliphatic rings. The molecule has 1 unspecified atom stereocenters. The summed E-state index contributed by atoms with van der Waals surface area (Å²) in [5.74, 6) is 2.95. The Balaban J connectivity index is 1.64. The Morgan fingerprint density at radius 2 is 1.76 bits per heavy atom. The lowest BCUT2D eigenvalue weighted by Crippen LogP contribution is -2.63. The summed E-state index contributed by atoms with van der Waals surface area (Å²) in [6.07, 6.45) is 11.6. The first-order chi connectivity index (χ1) is 11.7. The molecule has 0 aromatic rings. The molecule has 4 rings (SSSR count). The van der Waals surface area contributed by atoms with Gasteiger partial charge in [-0.1, -0.05) is 65.5 Å². The fraction of sp³-hybridized carbons (Fsp3) is 1.00. The first-order valence-corrected chi connectivity index (χ1v) is 12.4. The number of hydrogen-bond acceptors (Lipinski definition) is 0. The van der Waals surface area contributed by atoms with Gasteiger partial charge in [0, 0.05) is 4.83 Å². The van der Waals surface area contributed by atoms with Crippen molar-refractivity contribution in [3.63, 3.8) is 0 Å². The molecule has 9 atom stereocenters. The summed E-state index contributed by atoms with van der Waals surface area (Å²) in [5.41, 5.74) is 0.621. The van der Waals surface area contributed by atoms with Crippen LogP contribution in [-0.4, -0.2) is 15.3 Å². The van der Waals surface area contributed by atoms with Gasteiger partial charge in [-0.2, -0.15) is 0 Å². The molecule has 4 saturated carbocycles. The molecule has 4 fully saturated rings. The largest absolute Gasteiger partial charge is 0.246 e. The topological polar surface area (TPSA) is 0 Å². The second-order valence-corrected chi connectivity index (χ2v) is 13.4. The van der Waals surface area contributed by atoms with Crippen LogP contribution in [0.5, 0.6) is 0 Å². The molecule has 144 valence electrons. The Kier molecular flexibility index (Phi) is 4.97. The van der Waals surface area contributed by atoms with E-state index in [1.807, 2.05) is 0 Å².